The highest BCUT2D eigenvalue weighted by atomic mass is 32.1. The van der Waals surface area contributed by atoms with E-state index in [2.05, 4.69) is 4.98 Å². The largest absolute Gasteiger partial charge is 0.477 e. The van der Waals surface area contributed by atoms with E-state index in [4.69, 9.17) is 5.11 Å². The summed E-state index contributed by atoms with van der Waals surface area (Å²) in [6.45, 7) is 1.59. The van der Waals surface area contributed by atoms with Gasteiger partial charge in [0.1, 0.15) is 5.56 Å². The maximum atomic E-state index is 11.7. The molecule has 0 spiro atoms. The number of carboxylic acid groups (broad SMARTS) is 1. The number of rotatable bonds is 1. The summed E-state index contributed by atoms with van der Waals surface area (Å²) in [6.07, 6.45) is 0. The van der Waals surface area contributed by atoms with Gasteiger partial charge in [-0.15, -0.1) is 11.3 Å². The number of thiophene rings is 1. The van der Waals surface area contributed by atoms with Crippen LogP contribution in [0.3, 0.4) is 0 Å². The Kier molecular flexibility index (Phi) is 1.89. The molecule has 0 fully saturated rings. The van der Waals surface area contributed by atoms with E-state index in [1.165, 1.54) is 11.3 Å². The van der Waals surface area contributed by atoms with Crippen molar-refractivity contribution < 1.29 is 9.90 Å². The highest BCUT2D eigenvalue weighted by molar-refractivity contribution is 7.17. The van der Waals surface area contributed by atoms with Crippen LogP contribution in [0.15, 0.2) is 16.2 Å². The van der Waals surface area contributed by atoms with Gasteiger partial charge in [-0.25, -0.2) is 4.79 Å². The van der Waals surface area contributed by atoms with Crippen LogP contribution in [0.4, 0.5) is 0 Å². The molecule has 2 aromatic rings. The second-order valence-electron chi connectivity index (χ2n) is 2.92. The normalized spacial score (nSPS) is 10.6. The van der Waals surface area contributed by atoms with Crippen LogP contribution in [0.5, 0.6) is 0 Å². The second-order valence-corrected chi connectivity index (χ2v) is 3.84. The molecule has 2 aromatic heterocycles. The third-order valence-electron chi connectivity index (χ3n) is 2.01. The lowest BCUT2D eigenvalue weighted by Gasteiger charge is -1.99. The zero-order valence-corrected chi connectivity index (χ0v) is 8.14. The van der Waals surface area contributed by atoms with Crippen molar-refractivity contribution in [1.82, 2.24) is 4.98 Å². The molecule has 0 radical (unpaired) electrons. The van der Waals surface area contributed by atoms with Crippen LogP contribution in [-0.4, -0.2) is 16.1 Å². The van der Waals surface area contributed by atoms with E-state index in [1.54, 1.807) is 18.4 Å². The van der Waals surface area contributed by atoms with Crippen LogP contribution < -0.4 is 5.43 Å². The lowest BCUT2D eigenvalue weighted by atomic mass is 10.2. The lowest BCUT2D eigenvalue weighted by Crippen LogP contribution is -2.17. The first kappa shape index (κ1) is 8.96. The van der Waals surface area contributed by atoms with Crippen LogP contribution in [0, 0.1) is 6.92 Å². The maximum Gasteiger partial charge on any atom is 0.341 e. The van der Waals surface area contributed by atoms with Crippen molar-refractivity contribution in [2.75, 3.05) is 0 Å². The monoisotopic (exact) mass is 209 g/mol. The van der Waals surface area contributed by atoms with Gasteiger partial charge in [0.15, 0.2) is 0 Å². The summed E-state index contributed by atoms with van der Waals surface area (Å²) in [5.41, 5.74) is 0.523. The zero-order valence-electron chi connectivity index (χ0n) is 7.33. The molecule has 72 valence electrons. The van der Waals surface area contributed by atoms with E-state index in [9.17, 15) is 9.59 Å². The van der Waals surface area contributed by atoms with Gasteiger partial charge < -0.3 is 10.1 Å². The van der Waals surface area contributed by atoms with Gasteiger partial charge in [0.25, 0.3) is 0 Å². The fraction of sp³-hybridized carbons (Fsp3) is 0.111. The summed E-state index contributed by atoms with van der Waals surface area (Å²) in [7, 11) is 0. The predicted molar refractivity (Wildman–Crippen MR) is 54.1 cm³/mol. The number of H-pyrrole nitrogens is 1. The topological polar surface area (TPSA) is 70.2 Å². The van der Waals surface area contributed by atoms with Crippen molar-refractivity contribution in [3.05, 3.63) is 32.9 Å². The van der Waals surface area contributed by atoms with E-state index in [0.29, 0.717) is 15.9 Å². The molecule has 0 aliphatic rings. The number of hydrogen-bond donors (Lipinski definition) is 2. The summed E-state index contributed by atoms with van der Waals surface area (Å²) < 4.78 is 0.466. The highest BCUT2D eigenvalue weighted by Crippen LogP contribution is 2.16. The van der Waals surface area contributed by atoms with Crippen LogP contribution >= 0.6 is 11.3 Å². The second kappa shape index (κ2) is 2.95. The molecule has 4 nitrogen and oxygen atoms in total. The summed E-state index contributed by atoms with van der Waals surface area (Å²) >= 11 is 1.25. The minimum Gasteiger partial charge on any atom is -0.477 e. The Morgan fingerprint density at radius 2 is 2.29 bits per heavy atom. The number of fused-ring (bicyclic) bond motifs is 1. The molecule has 2 rings (SSSR count). The molecule has 0 saturated heterocycles. The van der Waals surface area contributed by atoms with Crippen LogP contribution in [-0.2, 0) is 0 Å². The number of aryl methyl sites for hydroxylation is 1. The first-order valence-electron chi connectivity index (χ1n) is 3.94. The molecule has 0 aliphatic heterocycles. The molecule has 0 atom stereocenters. The summed E-state index contributed by atoms with van der Waals surface area (Å²) in [5.74, 6) is -1.18. The van der Waals surface area contributed by atoms with Gasteiger partial charge in [-0.1, -0.05) is 0 Å². The molecule has 2 N–H and O–H groups in total. The van der Waals surface area contributed by atoms with Crippen molar-refractivity contribution in [3.8, 4) is 0 Å². The summed E-state index contributed by atoms with van der Waals surface area (Å²) in [6, 6.07) is 1.76. The molecule has 0 bridgehead atoms. The van der Waals surface area contributed by atoms with Crippen LogP contribution in [0.25, 0.3) is 10.2 Å². The van der Waals surface area contributed by atoms with Gasteiger partial charge in [0.05, 0.1) is 10.2 Å². The Morgan fingerprint density at radius 3 is 2.93 bits per heavy atom. The maximum absolute atomic E-state index is 11.7. The van der Waals surface area contributed by atoms with Crippen molar-refractivity contribution >= 4 is 27.5 Å². The minimum absolute atomic E-state index is 0.167. The lowest BCUT2D eigenvalue weighted by molar-refractivity contribution is 0.0694. The van der Waals surface area contributed by atoms with E-state index < -0.39 is 11.4 Å². The number of nitrogens with one attached hydrogen (secondary N) is 1. The van der Waals surface area contributed by atoms with Crippen molar-refractivity contribution in [3.63, 3.8) is 0 Å². The van der Waals surface area contributed by atoms with Crippen molar-refractivity contribution in [2.45, 2.75) is 6.92 Å². The van der Waals surface area contributed by atoms with Crippen molar-refractivity contribution in [2.24, 2.45) is 0 Å². The van der Waals surface area contributed by atoms with E-state index in [1.807, 2.05) is 0 Å². The smallest absolute Gasteiger partial charge is 0.341 e. The van der Waals surface area contributed by atoms with Gasteiger partial charge in [-0.2, -0.15) is 0 Å². The quantitative estimate of drug-likeness (QED) is 0.749. The highest BCUT2D eigenvalue weighted by Gasteiger charge is 2.15. The number of carbonyl (C=O) groups is 1. The van der Waals surface area contributed by atoms with Gasteiger partial charge in [0, 0.05) is 5.69 Å². The first-order chi connectivity index (χ1) is 6.61. The standard InChI is InChI=1S/C9H7NO3S/c1-4-6(9(12)13)7(11)8-5(10-4)2-3-14-8/h2-3H,1H3,(H,10,11)(H,12,13). The fourth-order valence-electron chi connectivity index (χ4n) is 1.39. The Morgan fingerprint density at radius 1 is 1.57 bits per heavy atom. The number of carboxylic acids is 1. The number of hydrogen-bond acceptors (Lipinski definition) is 3. The van der Waals surface area contributed by atoms with E-state index in [0.717, 1.165) is 0 Å². The third kappa shape index (κ3) is 1.13. The molecule has 2 heterocycles. The summed E-state index contributed by atoms with van der Waals surface area (Å²) in [5, 5.41) is 10.6. The van der Waals surface area contributed by atoms with Gasteiger partial charge in [0.2, 0.25) is 5.43 Å². The average molecular weight is 209 g/mol. The third-order valence-corrected chi connectivity index (χ3v) is 2.92. The number of pyridine rings is 1. The molecule has 0 saturated carbocycles. The van der Waals surface area contributed by atoms with E-state index >= 15 is 0 Å². The van der Waals surface area contributed by atoms with Crippen LogP contribution in [0.2, 0.25) is 0 Å². The van der Waals surface area contributed by atoms with Gasteiger partial charge in [-0.3, -0.25) is 4.79 Å². The molecule has 14 heavy (non-hydrogen) atoms. The van der Waals surface area contributed by atoms with Gasteiger partial charge in [-0.05, 0) is 18.4 Å². The van der Waals surface area contributed by atoms with Crippen LogP contribution in [0.1, 0.15) is 16.1 Å². The summed E-state index contributed by atoms with van der Waals surface area (Å²) in [4.78, 5) is 25.3. The molecular formula is C9H7NO3S. The minimum atomic E-state index is -1.18. The molecule has 5 heteroatoms. The number of aromatic amines is 1. The molecule has 0 aliphatic carbocycles. The number of aromatic carboxylic acids is 1. The molecule has 0 unspecified atom stereocenters. The Labute approximate surface area is 82.8 Å². The van der Waals surface area contributed by atoms with Gasteiger partial charge >= 0.3 is 5.97 Å². The molecule has 0 amide bonds. The van der Waals surface area contributed by atoms with E-state index in [-0.39, 0.29) is 5.56 Å². The molecular weight excluding hydrogens is 202 g/mol. The Balaban J connectivity index is 2.97. The SMILES string of the molecule is Cc1[nH]c2ccsc2c(=O)c1C(=O)O. The fourth-order valence-corrected chi connectivity index (χ4v) is 2.18. The van der Waals surface area contributed by atoms with Crippen molar-refractivity contribution in [1.29, 1.82) is 0 Å². The molecule has 0 aromatic carbocycles. The number of aromatic nitrogens is 1. The first-order valence-corrected chi connectivity index (χ1v) is 4.82. The Bertz CT molecular complexity index is 567. The zero-order chi connectivity index (χ0) is 10.3. The average Bonchev–Trinajstić information content (AvgIpc) is 2.50. The predicted octanol–water partition coefficient (Wildman–Crippen LogP) is 1.60. The Hall–Kier alpha value is -1.62.